The molecular formula is C39H65P. The Bertz CT molecular complexity index is 909. The highest BCUT2D eigenvalue weighted by molar-refractivity contribution is 7.19. The summed E-state index contributed by atoms with van der Waals surface area (Å²) in [7, 11) is 3.47. The zero-order valence-electron chi connectivity index (χ0n) is 27.8. The molecule has 0 bridgehead atoms. The van der Waals surface area contributed by atoms with Gasteiger partial charge in [-0.2, -0.15) is 0 Å². The van der Waals surface area contributed by atoms with E-state index in [0.717, 1.165) is 6.42 Å². The number of unbranched alkanes of at least 4 members (excludes halogenated alkanes) is 6. The summed E-state index contributed by atoms with van der Waals surface area (Å²) in [5.74, 6) is 0. The van der Waals surface area contributed by atoms with Gasteiger partial charge in [-0.05, 0) is 128 Å². The highest BCUT2D eigenvalue weighted by Gasteiger charge is 2.34. The van der Waals surface area contributed by atoms with Crippen molar-refractivity contribution in [3.63, 3.8) is 0 Å². The molecule has 0 nitrogen and oxygen atoms in total. The van der Waals surface area contributed by atoms with E-state index in [9.17, 15) is 0 Å². The Morgan fingerprint density at radius 3 is 1.02 bits per heavy atom. The number of rotatable bonds is 21. The molecule has 1 atom stereocenters. The van der Waals surface area contributed by atoms with Gasteiger partial charge in [0.1, 0.15) is 0 Å². The van der Waals surface area contributed by atoms with Gasteiger partial charge in [0.2, 0.25) is 0 Å². The fourth-order valence-electron chi connectivity index (χ4n) is 6.66. The molecule has 0 N–H and O–H groups in total. The molecule has 0 aliphatic heterocycles. The molecule has 226 valence electrons. The van der Waals surface area contributed by atoms with Crippen LogP contribution in [-0.4, -0.2) is 0 Å². The van der Waals surface area contributed by atoms with Gasteiger partial charge in [-0.15, -0.1) is 9.24 Å². The minimum Gasteiger partial charge on any atom is -0.122 e. The van der Waals surface area contributed by atoms with E-state index in [0.29, 0.717) is 0 Å². The quantitative estimate of drug-likeness (QED) is 0.132. The molecular weight excluding hydrogens is 499 g/mol. The van der Waals surface area contributed by atoms with Gasteiger partial charge in [-0.1, -0.05) is 111 Å². The van der Waals surface area contributed by atoms with E-state index in [1.54, 1.807) is 44.5 Å². The highest BCUT2D eigenvalue weighted by atomic mass is 31.0. The monoisotopic (exact) mass is 564 g/mol. The van der Waals surface area contributed by atoms with E-state index < -0.39 is 0 Å². The third-order valence-corrected chi connectivity index (χ3v) is 10.3. The largest absolute Gasteiger partial charge is 0.122 e. The van der Waals surface area contributed by atoms with Gasteiger partial charge in [-0.3, -0.25) is 0 Å². The summed E-state index contributed by atoms with van der Waals surface area (Å²) in [5.41, 5.74) is 13.3. The maximum Gasteiger partial charge on any atom is 0.0347 e. The van der Waals surface area contributed by atoms with Crippen molar-refractivity contribution in [1.82, 2.24) is 0 Å². The van der Waals surface area contributed by atoms with Crippen molar-refractivity contribution in [2.45, 2.75) is 176 Å². The molecule has 2 rings (SSSR count). The molecule has 40 heavy (non-hydrogen) atoms. The van der Waals surface area contributed by atoms with E-state index >= 15 is 0 Å². The molecule has 0 amide bonds. The molecule has 1 heteroatoms. The third kappa shape index (κ3) is 9.18. The summed E-state index contributed by atoms with van der Waals surface area (Å²) in [5, 5.41) is -0.0271. The second kappa shape index (κ2) is 19.1. The van der Waals surface area contributed by atoms with Gasteiger partial charge in [0, 0.05) is 5.16 Å². The van der Waals surface area contributed by atoms with Gasteiger partial charge < -0.3 is 0 Å². The van der Waals surface area contributed by atoms with Crippen LogP contribution in [0.15, 0.2) is 24.3 Å². The van der Waals surface area contributed by atoms with Crippen molar-refractivity contribution in [2.75, 3.05) is 0 Å². The van der Waals surface area contributed by atoms with Crippen LogP contribution in [0.1, 0.15) is 176 Å². The first kappa shape index (κ1) is 35.1. The standard InChI is InChI=1S/C39H65P/c1-8-15-21-31-27-29-37(35(25-19-12-5)33(31)23-17-10-3)39(40,14-7)38-30-28-32(22-16-9-2)34(24-18-11-4)36(38)26-20-13-6/h27-30H,8-26,40H2,1-7H3. The first-order chi connectivity index (χ1) is 19.5. The molecule has 0 saturated carbocycles. The van der Waals surface area contributed by atoms with Gasteiger partial charge in [-0.25, -0.2) is 0 Å². The minimum absolute atomic E-state index is 0.0271. The molecule has 0 radical (unpaired) electrons. The summed E-state index contributed by atoms with van der Waals surface area (Å²) in [6.07, 6.45) is 23.9. The van der Waals surface area contributed by atoms with Crippen LogP contribution in [0.3, 0.4) is 0 Å². The van der Waals surface area contributed by atoms with Crippen LogP contribution in [0.25, 0.3) is 0 Å². The van der Waals surface area contributed by atoms with E-state index in [4.69, 9.17) is 0 Å². The second-order valence-corrected chi connectivity index (χ2v) is 13.4. The molecule has 1 unspecified atom stereocenters. The maximum absolute atomic E-state index is 3.47. The summed E-state index contributed by atoms with van der Waals surface area (Å²) in [6, 6.07) is 10.2. The van der Waals surface area contributed by atoms with Crippen LogP contribution in [0, 0.1) is 0 Å². The maximum atomic E-state index is 3.47. The van der Waals surface area contributed by atoms with Crippen molar-refractivity contribution >= 4 is 9.24 Å². The first-order valence-electron chi connectivity index (χ1n) is 17.5. The fraction of sp³-hybridized carbons (Fsp3) is 0.692. The number of benzene rings is 2. The fourth-order valence-corrected chi connectivity index (χ4v) is 7.20. The lowest BCUT2D eigenvalue weighted by Crippen LogP contribution is -2.25. The molecule has 0 saturated heterocycles. The number of hydrogen-bond donors (Lipinski definition) is 0. The predicted octanol–water partition coefficient (Wildman–Crippen LogP) is 12.3. The van der Waals surface area contributed by atoms with Crippen LogP contribution in [0.5, 0.6) is 0 Å². The average Bonchev–Trinajstić information content (AvgIpc) is 2.98. The lowest BCUT2D eigenvalue weighted by molar-refractivity contribution is 0.655. The van der Waals surface area contributed by atoms with E-state index in [1.807, 2.05) is 0 Å². The summed E-state index contributed by atoms with van der Waals surface area (Å²) >= 11 is 0. The van der Waals surface area contributed by atoms with Crippen molar-refractivity contribution in [3.05, 3.63) is 68.8 Å². The van der Waals surface area contributed by atoms with Crippen molar-refractivity contribution in [1.29, 1.82) is 0 Å². The zero-order chi connectivity index (χ0) is 29.4. The topological polar surface area (TPSA) is 0 Å². The number of hydrogen-bond acceptors (Lipinski definition) is 0. The Kier molecular flexibility index (Phi) is 16.8. The van der Waals surface area contributed by atoms with Crippen LogP contribution >= 0.6 is 9.24 Å². The zero-order valence-corrected chi connectivity index (χ0v) is 29.0. The van der Waals surface area contributed by atoms with Crippen LogP contribution in [-0.2, 0) is 43.7 Å². The van der Waals surface area contributed by atoms with Crippen LogP contribution in [0.2, 0.25) is 0 Å². The molecule has 0 fully saturated rings. The van der Waals surface area contributed by atoms with Gasteiger partial charge >= 0.3 is 0 Å². The molecule has 0 aliphatic rings. The van der Waals surface area contributed by atoms with E-state index in [-0.39, 0.29) is 5.16 Å². The van der Waals surface area contributed by atoms with Crippen molar-refractivity contribution < 1.29 is 0 Å². The first-order valence-corrected chi connectivity index (χ1v) is 18.1. The van der Waals surface area contributed by atoms with Gasteiger partial charge in [0.05, 0.1) is 0 Å². The van der Waals surface area contributed by atoms with Crippen LogP contribution in [0.4, 0.5) is 0 Å². The van der Waals surface area contributed by atoms with Crippen molar-refractivity contribution in [2.24, 2.45) is 0 Å². The average molecular weight is 565 g/mol. The van der Waals surface area contributed by atoms with E-state index in [2.05, 4.69) is 82.0 Å². The Morgan fingerprint density at radius 2 is 0.725 bits per heavy atom. The Balaban J connectivity index is 2.86. The second-order valence-electron chi connectivity index (χ2n) is 12.4. The highest BCUT2D eigenvalue weighted by Crippen LogP contribution is 2.48. The van der Waals surface area contributed by atoms with Crippen molar-refractivity contribution in [3.8, 4) is 0 Å². The third-order valence-electron chi connectivity index (χ3n) is 9.30. The lowest BCUT2D eigenvalue weighted by atomic mass is 9.75. The Hall–Kier alpha value is -1.13. The van der Waals surface area contributed by atoms with Gasteiger partial charge in [0.15, 0.2) is 0 Å². The summed E-state index contributed by atoms with van der Waals surface area (Å²) in [4.78, 5) is 0. The molecule has 2 aromatic carbocycles. The lowest BCUT2D eigenvalue weighted by Gasteiger charge is -2.36. The normalized spacial score (nSPS) is 11.9. The predicted molar refractivity (Wildman–Crippen MR) is 185 cm³/mol. The van der Waals surface area contributed by atoms with E-state index in [1.165, 1.54) is 116 Å². The Labute approximate surface area is 253 Å². The molecule has 0 aromatic heterocycles. The summed E-state index contributed by atoms with van der Waals surface area (Å²) < 4.78 is 0. The van der Waals surface area contributed by atoms with Crippen LogP contribution < -0.4 is 0 Å². The minimum atomic E-state index is -0.0271. The smallest absolute Gasteiger partial charge is 0.0347 e. The Morgan fingerprint density at radius 1 is 0.425 bits per heavy atom. The summed E-state index contributed by atoms with van der Waals surface area (Å²) in [6.45, 7) is 16.5. The molecule has 0 aliphatic carbocycles. The molecule has 2 aromatic rings. The number of aryl methyl sites for hydroxylation is 2. The SMILES string of the molecule is CCCCc1ccc(C(P)(CC)c2ccc(CCCC)c(CCCC)c2CCCC)c(CCCC)c1CCCC. The molecule has 0 spiro atoms. The molecule has 0 heterocycles. The van der Waals surface area contributed by atoms with Gasteiger partial charge in [0.25, 0.3) is 0 Å².